The number of carbonyl (C=O) groups is 2. The van der Waals surface area contributed by atoms with Gasteiger partial charge in [0.25, 0.3) is 5.91 Å². The Hall–Kier alpha value is -1.88. The van der Waals surface area contributed by atoms with Crippen molar-refractivity contribution in [2.75, 3.05) is 6.79 Å². The highest BCUT2D eigenvalue weighted by molar-refractivity contribution is 6.04. The van der Waals surface area contributed by atoms with Gasteiger partial charge in [0.1, 0.15) is 5.75 Å². The molecule has 0 spiro atoms. The van der Waals surface area contributed by atoms with Crippen LogP contribution in [0.2, 0.25) is 0 Å². The van der Waals surface area contributed by atoms with Crippen LogP contribution >= 0.6 is 0 Å². The Morgan fingerprint density at radius 1 is 0.806 bits per heavy atom. The summed E-state index contributed by atoms with van der Waals surface area (Å²) in [4.78, 5) is 24.1. The summed E-state index contributed by atoms with van der Waals surface area (Å²) >= 11 is 0. The first-order chi connectivity index (χ1) is 15.2. The van der Waals surface area contributed by atoms with Gasteiger partial charge in [-0.15, -0.1) is 0 Å². The van der Waals surface area contributed by atoms with Gasteiger partial charge in [0.05, 0.1) is 0 Å². The zero-order valence-electron chi connectivity index (χ0n) is 19.5. The van der Waals surface area contributed by atoms with E-state index in [4.69, 9.17) is 9.84 Å². The van der Waals surface area contributed by atoms with Crippen LogP contribution < -0.4 is 10.1 Å². The number of imide groups is 1. The van der Waals surface area contributed by atoms with Gasteiger partial charge in [-0.3, -0.25) is 14.9 Å². The molecule has 1 rings (SSSR count). The van der Waals surface area contributed by atoms with Crippen LogP contribution in [-0.4, -0.2) is 23.7 Å². The van der Waals surface area contributed by atoms with Crippen molar-refractivity contribution in [1.29, 1.82) is 0 Å². The van der Waals surface area contributed by atoms with Crippen LogP contribution in [0.15, 0.2) is 24.3 Å². The van der Waals surface area contributed by atoms with Crippen molar-refractivity contribution in [3.63, 3.8) is 0 Å². The lowest BCUT2D eigenvalue weighted by Gasteiger charge is -2.07. The first kappa shape index (κ1) is 27.2. The summed E-state index contributed by atoms with van der Waals surface area (Å²) in [7, 11) is 0. The molecule has 0 aliphatic heterocycles. The summed E-state index contributed by atoms with van der Waals surface area (Å²) in [5, 5.41) is 11.2. The van der Waals surface area contributed by atoms with Crippen LogP contribution in [0.1, 0.15) is 120 Å². The molecule has 0 bridgehead atoms. The molecule has 5 nitrogen and oxygen atoms in total. The molecule has 2 amide bonds. The number of nitrogens with one attached hydrogen (secondary N) is 1. The fraction of sp³-hybridized carbons (Fsp3) is 0.692. The molecule has 1 aromatic carbocycles. The minimum absolute atomic E-state index is 0.242. The van der Waals surface area contributed by atoms with Gasteiger partial charge in [0.2, 0.25) is 5.91 Å². The van der Waals surface area contributed by atoms with E-state index in [1.165, 1.54) is 83.1 Å². The lowest BCUT2D eigenvalue weighted by Crippen LogP contribution is -2.30. The van der Waals surface area contributed by atoms with Crippen LogP contribution in [0, 0.1) is 0 Å². The Morgan fingerprint density at radius 3 is 1.84 bits per heavy atom. The summed E-state index contributed by atoms with van der Waals surface area (Å²) in [6, 6.07) is 6.41. The molecule has 0 unspecified atom stereocenters. The Morgan fingerprint density at radius 2 is 1.32 bits per heavy atom. The van der Waals surface area contributed by atoms with Crippen molar-refractivity contribution in [3.05, 3.63) is 29.8 Å². The predicted molar refractivity (Wildman–Crippen MR) is 126 cm³/mol. The molecular weight excluding hydrogens is 390 g/mol. The molecule has 1 aromatic rings. The molecule has 31 heavy (non-hydrogen) atoms. The van der Waals surface area contributed by atoms with E-state index in [0.717, 1.165) is 19.3 Å². The predicted octanol–water partition coefficient (Wildman–Crippen LogP) is 6.53. The van der Waals surface area contributed by atoms with Crippen molar-refractivity contribution >= 4 is 11.8 Å². The quantitative estimate of drug-likeness (QED) is 0.192. The van der Waals surface area contributed by atoms with E-state index in [1.807, 2.05) is 0 Å². The number of aliphatic hydroxyl groups excluding tert-OH is 1. The minimum Gasteiger partial charge on any atom is -0.468 e. The number of hydrogen-bond acceptors (Lipinski definition) is 4. The van der Waals surface area contributed by atoms with Gasteiger partial charge in [-0.25, -0.2) is 0 Å². The molecule has 0 heterocycles. The number of hydrogen-bond donors (Lipinski definition) is 2. The zero-order valence-corrected chi connectivity index (χ0v) is 19.5. The molecule has 0 aliphatic rings. The van der Waals surface area contributed by atoms with Crippen molar-refractivity contribution < 1.29 is 19.4 Å². The molecule has 0 aliphatic carbocycles. The molecular formula is C26H43NO4. The summed E-state index contributed by atoms with van der Waals surface area (Å²) in [5.74, 6) is -0.285. The molecule has 0 aromatic heterocycles. The van der Waals surface area contributed by atoms with Gasteiger partial charge in [-0.1, -0.05) is 103 Å². The second kappa shape index (κ2) is 18.9. The molecule has 0 saturated heterocycles. The third kappa shape index (κ3) is 14.7. The summed E-state index contributed by atoms with van der Waals surface area (Å²) < 4.78 is 4.95. The topological polar surface area (TPSA) is 75.6 Å². The maximum atomic E-state index is 12.1. The van der Waals surface area contributed by atoms with Gasteiger partial charge >= 0.3 is 0 Å². The van der Waals surface area contributed by atoms with Crippen molar-refractivity contribution in [3.8, 4) is 5.75 Å². The standard InChI is InChI=1S/C26H43NO4/c1-2-3-4-5-6-7-8-9-10-11-12-13-14-15-16-20-25(29)27-26(30)23-18-17-19-24(21-23)31-22-28/h17-19,21,28H,2-16,20,22H2,1H3,(H,27,29,30). The van der Waals surface area contributed by atoms with Crippen molar-refractivity contribution in [2.45, 2.75) is 110 Å². The van der Waals surface area contributed by atoms with Crippen molar-refractivity contribution in [1.82, 2.24) is 5.32 Å². The lowest BCUT2D eigenvalue weighted by molar-refractivity contribution is -0.120. The summed E-state index contributed by atoms with van der Waals surface area (Å²) in [6.45, 7) is 1.81. The Kier molecular flexibility index (Phi) is 16.5. The highest BCUT2D eigenvalue weighted by Gasteiger charge is 2.11. The van der Waals surface area contributed by atoms with Crippen LogP contribution in [0.4, 0.5) is 0 Å². The first-order valence-corrected chi connectivity index (χ1v) is 12.3. The zero-order chi connectivity index (χ0) is 22.6. The van der Waals surface area contributed by atoms with Gasteiger partial charge in [-0.05, 0) is 24.6 Å². The molecule has 5 heteroatoms. The number of amides is 2. The number of rotatable bonds is 19. The van der Waals surface area contributed by atoms with Crippen molar-refractivity contribution in [2.24, 2.45) is 0 Å². The van der Waals surface area contributed by atoms with E-state index in [0.29, 0.717) is 17.7 Å². The lowest BCUT2D eigenvalue weighted by atomic mass is 10.0. The summed E-state index contributed by atoms with van der Waals surface area (Å²) in [5.41, 5.74) is 0.343. The Balaban J connectivity index is 1.94. The van der Waals surface area contributed by atoms with Gasteiger partial charge in [0.15, 0.2) is 6.79 Å². The molecule has 0 saturated carbocycles. The van der Waals surface area contributed by atoms with Crippen LogP contribution in [0.3, 0.4) is 0 Å². The fourth-order valence-corrected chi connectivity index (χ4v) is 3.72. The number of ether oxygens (including phenoxy) is 1. The number of benzene rings is 1. The third-order valence-corrected chi connectivity index (χ3v) is 5.59. The number of unbranched alkanes of at least 4 members (excludes halogenated alkanes) is 14. The molecule has 0 fully saturated rings. The van der Waals surface area contributed by atoms with E-state index < -0.39 is 12.7 Å². The summed E-state index contributed by atoms with van der Waals surface area (Å²) in [6.07, 6.45) is 19.6. The van der Waals surface area contributed by atoms with E-state index in [1.54, 1.807) is 18.2 Å². The number of carbonyl (C=O) groups excluding carboxylic acids is 2. The van der Waals surface area contributed by atoms with E-state index >= 15 is 0 Å². The van der Waals surface area contributed by atoms with Crippen LogP contribution in [0.5, 0.6) is 5.75 Å². The third-order valence-electron chi connectivity index (χ3n) is 5.59. The first-order valence-electron chi connectivity index (χ1n) is 12.3. The van der Waals surface area contributed by atoms with E-state index in [-0.39, 0.29) is 5.91 Å². The fourth-order valence-electron chi connectivity index (χ4n) is 3.72. The monoisotopic (exact) mass is 433 g/mol. The normalized spacial score (nSPS) is 10.8. The van der Waals surface area contributed by atoms with Gasteiger partial charge in [0, 0.05) is 12.0 Å². The second-order valence-corrected chi connectivity index (χ2v) is 8.38. The van der Waals surface area contributed by atoms with Gasteiger partial charge < -0.3 is 9.84 Å². The maximum Gasteiger partial charge on any atom is 0.257 e. The largest absolute Gasteiger partial charge is 0.468 e. The van der Waals surface area contributed by atoms with Crippen LogP contribution in [0.25, 0.3) is 0 Å². The molecule has 176 valence electrons. The second-order valence-electron chi connectivity index (χ2n) is 8.38. The van der Waals surface area contributed by atoms with Gasteiger partial charge in [-0.2, -0.15) is 0 Å². The number of aliphatic hydroxyl groups is 1. The Labute approximate surface area is 189 Å². The highest BCUT2D eigenvalue weighted by atomic mass is 16.6. The van der Waals surface area contributed by atoms with E-state index in [9.17, 15) is 9.59 Å². The average Bonchev–Trinajstić information content (AvgIpc) is 2.77. The molecule has 0 atom stereocenters. The minimum atomic E-state index is -0.455. The molecule has 0 radical (unpaired) electrons. The molecule has 2 N–H and O–H groups in total. The SMILES string of the molecule is CCCCCCCCCCCCCCCCCC(=O)NC(=O)c1cccc(OCO)c1. The average molecular weight is 434 g/mol. The Bertz CT molecular complexity index is 603. The maximum absolute atomic E-state index is 12.1. The van der Waals surface area contributed by atoms with Crippen LogP contribution in [-0.2, 0) is 4.79 Å². The highest BCUT2D eigenvalue weighted by Crippen LogP contribution is 2.15. The smallest absolute Gasteiger partial charge is 0.257 e. The van der Waals surface area contributed by atoms with E-state index in [2.05, 4.69) is 12.2 Å².